The summed E-state index contributed by atoms with van der Waals surface area (Å²) < 4.78 is 5.43. The van der Waals surface area contributed by atoms with Crippen molar-refractivity contribution in [3.8, 4) is 0 Å². The first-order chi connectivity index (χ1) is 9.21. The molecule has 0 bridgehead atoms. The topological polar surface area (TPSA) is 63.6 Å². The average molecular weight is 286 g/mol. The van der Waals surface area contributed by atoms with Crippen LogP contribution in [0.2, 0.25) is 0 Å². The Bertz CT molecular complexity index is 312. The predicted molar refractivity (Wildman–Crippen MR) is 79.4 cm³/mol. The number of carboxylic acid groups (broad SMARTS) is 1. The van der Waals surface area contributed by atoms with Gasteiger partial charge in [-0.1, -0.05) is 47.5 Å². The zero-order chi connectivity index (χ0) is 15.9. The van der Waals surface area contributed by atoms with Gasteiger partial charge in [0.1, 0.15) is 0 Å². The molecule has 0 aromatic carbocycles. The Balaban J connectivity index is 4.94. The highest BCUT2D eigenvalue weighted by Gasteiger charge is 2.53. The number of hydrogen-bond acceptors (Lipinski definition) is 3. The largest absolute Gasteiger partial charge is 0.480 e. The number of carboxylic acids is 1. The number of carbonyl (C=O) groups is 2. The highest BCUT2D eigenvalue weighted by Crippen LogP contribution is 2.38. The van der Waals surface area contributed by atoms with Crippen molar-refractivity contribution in [1.29, 1.82) is 0 Å². The Labute approximate surface area is 122 Å². The fraction of sp³-hybridized carbons (Fsp3) is 0.875. The third-order valence-electron chi connectivity index (χ3n) is 4.04. The van der Waals surface area contributed by atoms with Gasteiger partial charge in [-0.3, -0.25) is 9.59 Å². The van der Waals surface area contributed by atoms with Gasteiger partial charge in [0.2, 0.25) is 0 Å². The summed E-state index contributed by atoms with van der Waals surface area (Å²) in [6, 6.07) is 0. The minimum Gasteiger partial charge on any atom is -0.480 e. The van der Waals surface area contributed by atoms with E-state index in [1.807, 2.05) is 6.92 Å². The monoisotopic (exact) mass is 286 g/mol. The Morgan fingerprint density at radius 2 is 1.55 bits per heavy atom. The first kappa shape index (κ1) is 18.9. The summed E-state index contributed by atoms with van der Waals surface area (Å²) in [7, 11) is 0. The molecule has 0 aromatic heterocycles. The molecule has 0 rings (SSSR count). The number of rotatable bonds is 9. The molecular formula is C16H30O4. The van der Waals surface area contributed by atoms with Crippen molar-refractivity contribution in [2.45, 2.75) is 73.3 Å². The molecule has 0 fully saturated rings. The molecule has 0 heterocycles. The Morgan fingerprint density at radius 3 is 1.90 bits per heavy atom. The maximum absolute atomic E-state index is 12.4. The third-order valence-corrected chi connectivity index (χ3v) is 4.04. The van der Waals surface area contributed by atoms with E-state index in [1.165, 1.54) is 0 Å². The van der Waals surface area contributed by atoms with Gasteiger partial charge in [-0.2, -0.15) is 0 Å². The van der Waals surface area contributed by atoms with Gasteiger partial charge in [0, 0.05) is 0 Å². The van der Waals surface area contributed by atoms with Crippen molar-refractivity contribution >= 4 is 11.9 Å². The zero-order valence-corrected chi connectivity index (χ0v) is 13.7. The molecule has 0 aliphatic carbocycles. The van der Waals surface area contributed by atoms with Crippen LogP contribution in [0.15, 0.2) is 0 Å². The number of carbonyl (C=O) groups excluding carboxylic acids is 1. The van der Waals surface area contributed by atoms with Gasteiger partial charge >= 0.3 is 11.9 Å². The number of aliphatic carboxylic acids is 1. The normalized spacial score (nSPS) is 13.6. The van der Waals surface area contributed by atoms with E-state index in [0.717, 1.165) is 25.7 Å². The maximum atomic E-state index is 12.4. The first-order valence-corrected chi connectivity index (χ1v) is 7.65. The smallest absolute Gasteiger partial charge is 0.324 e. The number of ether oxygens (including phenoxy) is 1. The molecule has 0 saturated heterocycles. The molecule has 20 heavy (non-hydrogen) atoms. The lowest BCUT2D eigenvalue weighted by atomic mass is 9.69. The standard InChI is InChI=1S/C16H30O4/c1-7-8-9-10-13(6)20-15(19)16(11(2)3,12(4)5)14(17)18/h11-13H,7-10H2,1-6H3,(H,17,18). The van der Waals surface area contributed by atoms with Crippen LogP contribution >= 0.6 is 0 Å². The molecular weight excluding hydrogens is 256 g/mol. The van der Waals surface area contributed by atoms with Crippen LogP contribution in [-0.4, -0.2) is 23.1 Å². The van der Waals surface area contributed by atoms with Gasteiger partial charge in [-0.05, 0) is 31.6 Å². The average Bonchev–Trinajstić information content (AvgIpc) is 2.27. The molecule has 1 N–H and O–H groups in total. The Morgan fingerprint density at radius 1 is 1.05 bits per heavy atom. The van der Waals surface area contributed by atoms with Crippen molar-refractivity contribution in [2.24, 2.45) is 17.3 Å². The summed E-state index contributed by atoms with van der Waals surface area (Å²) in [6.07, 6.45) is 3.75. The molecule has 0 amide bonds. The fourth-order valence-electron chi connectivity index (χ4n) is 2.74. The molecule has 4 heteroatoms. The van der Waals surface area contributed by atoms with E-state index in [1.54, 1.807) is 27.7 Å². The molecule has 1 unspecified atom stereocenters. The number of hydrogen-bond donors (Lipinski definition) is 1. The second kappa shape index (κ2) is 8.28. The molecule has 118 valence electrons. The predicted octanol–water partition coefficient (Wildman–Crippen LogP) is 3.88. The van der Waals surface area contributed by atoms with Crippen molar-refractivity contribution in [3.63, 3.8) is 0 Å². The van der Waals surface area contributed by atoms with Gasteiger partial charge in [-0.15, -0.1) is 0 Å². The molecule has 0 radical (unpaired) electrons. The van der Waals surface area contributed by atoms with Crippen molar-refractivity contribution < 1.29 is 19.4 Å². The van der Waals surface area contributed by atoms with Crippen molar-refractivity contribution in [1.82, 2.24) is 0 Å². The number of esters is 1. The van der Waals surface area contributed by atoms with Crippen LogP contribution in [0, 0.1) is 17.3 Å². The van der Waals surface area contributed by atoms with Crippen LogP contribution in [0.3, 0.4) is 0 Å². The van der Waals surface area contributed by atoms with Crippen molar-refractivity contribution in [3.05, 3.63) is 0 Å². The quantitative estimate of drug-likeness (QED) is 0.397. The van der Waals surface area contributed by atoms with E-state index in [-0.39, 0.29) is 17.9 Å². The molecule has 1 atom stereocenters. The van der Waals surface area contributed by atoms with Gasteiger partial charge in [0.05, 0.1) is 6.10 Å². The lowest BCUT2D eigenvalue weighted by Gasteiger charge is -2.35. The first-order valence-electron chi connectivity index (χ1n) is 7.65. The lowest BCUT2D eigenvalue weighted by Crippen LogP contribution is -2.49. The Hall–Kier alpha value is -1.06. The van der Waals surface area contributed by atoms with E-state index < -0.39 is 17.4 Å². The zero-order valence-electron chi connectivity index (χ0n) is 13.7. The molecule has 0 aromatic rings. The van der Waals surface area contributed by atoms with E-state index in [4.69, 9.17) is 4.74 Å². The summed E-state index contributed by atoms with van der Waals surface area (Å²) in [5.74, 6) is -2.31. The van der Waals surface area contributed by atoms with Crippen LogP contribution in [-0.2, 0) is 14.3 Å². The molecule has 4 nitrogen and oxygen atoms in total. The summed E-state index contributed by atoms with van der Waals surface area (Å²) in [5, 5.41) is 9.56. The van der Waals surface area contributed by atoms with Crippen molar-refractivity contribution in [2.75, 3.05) is 0 Å². The molecule has 0 saturated carbocycles. The van der Waals surface area contributed by atoms with E-state index >= 15 is 0 Å². The fourth-order valence-corrected chi connectivity index (χ4v) is 2.74. The van der Waals surface area contributed by atoms with E-state index in [0.29, 0.717) is 0 Å². The number of unbranched alkanes of at least 4 members (excludes halogenated alkanes) is 2. The van der Waals surface area contributed by atoms with Gasteiger partial charge in [0.25, 0.3) is 0 Å². The molecule has 0 spiro atoms. The minimum atomic E-state index is -1.46. The summed E-state index contributed by atoms with van der Waals surface area (Å²) in [4.78, 5) is 24.1. The molecule has 0 aliphatic rings. The summed E-state index contributed by atoms with van der Waals surface area (Å²) >= 11 is 0. The maximum Gasteiger partial charge on any atom is 0.324 e. The molecule has 0 aliphatic heterocycles. The Kier molecular flexibility index (Phi) is 7.84. The lowest BCUT2D eigenvalue weighted by molar-refractivity contribution is -0.180. The summed E-state index contributed by atoms with van der Waals surface area (Å²) in [6.45, 7) is 11.0. The SMILES string of the molecule is CCCCCC(C)OC(=O)C(C(=O)O)(C(C)C)C(C)C. The van der Waals surface area contributed by atoms with Gasteiger partial charge < -0.3 is 9.84 Å². The highest BCUT2D eigenvalue weighted by molar-refractivity contribution is 5.99. The highest BCUT2D eigenvalue weighted by atomic mass is 16.5. The van der Waals surface area contributed by atoms with Crippen LogP contribution < -0.4 is 0 Å². The van der Waals surface area contributed by atoms with Gasteiger partial charge in [-0.25, -0.2) is 0 Å². The second-order valence-electron chi connectivity index (χ2n) is 6.20. The third kappa shape index (κ3) is 4.22. The van der Waals surface area contributed by atoms with E-state index in [2.05, 4.69) is 6.92 Å². The van der Waals surface area contributed by atoms with Crippen LogP contribution in [0.5, 0.6) is 0 Å². The summed E-state index contributed by atoms with van der Waals surface area (Å²) in [5.41, 5.74) is -1.46. The van der Waals surface area contributed by atoms with Crippen LogP contribution in [0.4, 0.5) is 0 Å². The minimum absolute atomic E-state index is 0.231. The van der Waals surface area contributed by atoms with E-state index in [9.17, 15) is 14.7 Å². The van der Waals surface area contributed by atoms with Crippen LogP contribution in [0.25, 0.3) is 0 Å². The van der Waals surface area contributed by atoms with Gasteiger partial charge in [0.15, 0.2) is 5.41 Å². The van der Waals surface area contributed by atoms with Crippen LogP contribution in [0.1, 0.15) is 67.2 Å². The second-order valence-corrected chi connectivity index (χ2v) is 6.20.